The summed E-state index contributed by atoms with van der Waals surface area (Å²) in [5.41, 5.74) is 7.65. The maximum absolute atomic E-state index is 11.7. The van der Waals surface area contributed by atoms with Gasteiger partial charge in [-0.05, 0) is 30.4 Å². The van der Waals surface area contributed by atoms with Crippen LogP contribution >= 0.6 is 0 Å². The summed E-state index contributed by atoms with van der Waals surface area (Å²) >= 11 is 0. The third-order valence-electron chi connectivity index (χ3n) is 2.46. The smallest absolute Gasteiger partial charge is 0.275 e. The summed E-state index contributed by atoms with van der Waals surface area (Å²) in [5.74, 6) is -0.193. The van der Waals surface area contributed by atoms with Gasteiger partial charge in [0, 0.05) is 18.3 Å². The van der Waals surface area contributed by atoms with Crippen LogP contribution in [0.15, 0.2) is 45.9 Å². The molecule has 0 unspecified atom stereocenters. The van der Waals surface area contributed by atoms with Crippen molar-refractivity contribution in [2.24, 2.45) is 5.10 Å². The molecule has 1 heterocycles. The minimum Gasteiger partial charge on any atom is -0.508 e. The van der Waals surface area contributed by atoms with Crippen molar-refractivity contribution in [2.45, 2.75) is 0 Å². The van der Waals surface area contributed by atoms with Gasteiger partial charge in [0.05, 0.1) is 5.56 Å². The van der Waals surface area contributed by atoms with Crippen LogP contribution < -0.4 is 11.2 Å². The Labute approximate surface area is 120 Å². The van der Waals surface area contributed by atoms with E-state index in [0.29, 0.717) is 11.6 Å². The fourth-order valence-corrected chi connectivity index (χ4v) is 1.51. The van der Waals surface area contributed by atoms with Crippen LogP contribution in [0.1, 0.15) is 16.1 Å². The number of nitrogens with zero attached hydrogens (tertiary/aromatic N) is 1. The molecule has 2 aromatic rings. The van der Waals surface area contributed by atoms with E-state index in [4.69, 9.17) is 15.3 Å². The van der Waals surface area contributed by atoms with E-state index in [1.807, 2.05) is 0 Å². The van der Waals surface area contributed by atoms with Crippen LogP contribution in [-0.4, -0.2) is 22.3 Å². The lowest BCUT2D eigenvalue weighted by atomic mass is 10.2. The lowest BCUT2D eigenvalue weighted by Crippen LogP contribution is -2.17. The van der Waals surface area contributed by atoms with Crippen LogP contribution in [0.25, 0.3) is 6.08 Å². The Morgan fingerprint density at radius 1 is 1.29 bits per heavy atom. The molecular weight excluding hydrogens is 274 g/mol. The first kappa shape index (κ1) is 14.2. The number of carbonyl (C=O) groups is 1. The molecular formula is C14H13N3O4. The predicted molar refractivity (Wildman–Crippen MR) is 77.9 cm³/mol. The summed E-state index contributed by atoms with van der Waals surface area (Å²) in [5, 5.41) is 22.3. The highest BCUT2D eigenvalue weighted by Crippen LogP contribution is 2.22. The maximum atomic E-state index is 11.7. The van der Waals surface area contributed by atoms with Crippen molar-refractivity contribution < 1.29 is 19.4 Å². The van der Waals surface area contributed by atoms with Crippen LogP contribution in [0.4, 0.5) is 5.88 Å². The highest BCUT2D eigenvalue weighted by atomic mass is 16.3. The van der Waals surface area contributed by atoms with E-state index in [-0.39, 0.29) is 17.1 Å². The van der Waals surface area contributed by atoms with Gasteiger partial charge < -0.3 is 20.4 Å². The summed E-state index contributed by atoms with van der Waals surface area (Å²) in [6.07, 6.45) is 4.51. The lowest BCUT2D eigenvalue weighted by molar-refractivity contribution is 0.0952. The Balaban J connectivity index is 1.91. The summed E-state index contributed by atoms with van der Waals surface area (Å²) in [7, 11) is 0. The maximum Gasteiger partial charge on any atom is 0.275 e. The number of nitrogens with one attached hydrogen (secondary N) is 1. The van der Waals surface area contributed by atoms with Crippen molar-refractivity contribution >= 4 is 24.1 Å². The average Bonchev–Trinajstić information content (AvgIpc) is 2.84. The number of carbonyl (C=O) groups excluding carboxylic acids is 1. The summed E-state index contributed by atoms with van der Waals surface area (Å²) in [6.45, 7) is 0. The number of hydrogen-bond donors (Lipinski definition) is 4. The Bertz CT molecular complexity index is 704. The Morgan fingerprint density at radius 3 is 2.76 bits per heavy atom. The molecule has 0 bridgehead atoms. The van der Waals surface area contributed by atoms with Crippen LogP contribution in [0, 0.1) is 0 Å². The fourth-order valence-electron chi connectivity index (χ4n) is 1.51. The molecule has 0 spiro atoms. The molecule has 0 aliphatic carbocycles. The van der Waals surface area contributed by atoms with Crippen LogP contribution in [0.3, 0.4) is 0 Å². The van der Waals surface area contributed by atoms with Crippen molar-refractivity contribution in [3.8, 4) is 11.5 Å². The number of nitrogen functional groups attached to an aromatic ring is 1. The first-order chi connectivity index (χ1) is 10.1. The first-order valence-electron chi connectivity index (χ1n) is 5.93. The van der Waals surface area contributed by atoms with E-state index in [0.717, 1.165) is 6.07 Å². The molecule has 7 heteroatoms. The van der Waals surface area contributed by atoms with Gasteiger partial charge in [0.15, 0.2) is 5.88 Å². The van der Waals surface area contributed by atoms with Gasteiger partial charge in [0.25, 0.3) is 5.91 Å². The number of furan rings is 1. The lowest BCUT2D eigenvalue weighted by Gasteiger charge is -2.02. The van der Waals surface area contributed by atoms with Crippen LogP contribution in [0.2, 0.25) is 0 Å². The summed E-state index contributed by atoms with van der Waals surface area (Å²) in [4.78, 5) is 11.7. The van der Waals surface area contributed by atoms with Crippen molar-refractivity contribution in [3.63, 3.8) is 0 Å². The van der Waals surface area contributed by atoms with E-state index in [1.54, 1.807) is 24.3 Å². The minimum absolute atomic E-state index is 0.00716. The third kappa shape index (κ3) is 3.87. The zero-order valence-electron chi connectivity index (χ0n) is 10.9. The summed E-state index contributed by atoms with van der Waals surface area (Å²) in [6, 6.07) is 6.95. The largest absolute Gasteiger partial charge is 0.508 e. The average molecular weight is 287 g/mol. The Hall–Kier alpha value is -3.22. The fraction of sp³-hybridized carbons (Fsp3) is 0. The van der Waals surface area contributed by atoms with Gasteiger partial charge in [-0.2, -0.15) is 5.10 Å². The molecule has 21 heavy (non-hydrogen) atoms. The van der Waals surface area contributed by atoms with Crippen LogP contribution in [0.5, 0.6) is 11.5 Å². The Morgan fingerprint density at radius 2 is 2.10 bits per heavy atom. The Kier molecular flexibility index (Phi) is 4.25. The van der Waals surface area contributed by atoms with E-state index in [1.165, 1.54) is 18.3 Å². The van der Waals surface area contributed by atoms with Crippen molar-refractivity contribution in [1.82, 2.24) is 5.43 Å². The van der Waals surface area contributed by atoms with Gasteiger partial charge in [-0.3, -0.25) is 4.79 Å². The van der Waals surface area contributed by atoms with Crippen molar-refractivity contribution in [2.75, 3.05) is 5.73 Å². The second-order valence-electron chi connectivity index (χ2n) is 4.02. The second kappa shape index (κ2) is 6.29. The van der Waals surface area contributed by atoms with E-state index < -0.39 is 5.91 Å². The number of aromatic hydroxyl groups is 2. The number of benzene rings is 1. The third-order valence-corrected chi connectivity index (χ3v) is 2.46. The molecule has 5 N–H and O–H groups in total. The summed E-state index contributed by atoms with van der Waals surface area (Å²) < 4.78 is 5.09. The number of phenols is 2. The molecule has 0 atom stereocenters. The molecule has 2 rings (SSSR count). The molecule has 0 fully saturated rings. The van der Waals surface area contributed by atoms with E-state index in [2.05, 4.69) is 10.5 Å². The van der Waals surface area contributed by atoms with Gasteiger partial charge in [-0.1, -0.05) is 0 Å². The molecule has 0 saturated heterocycles. The van der Waals surface area contributed by atoms with E-state index >= 15 is 0 Å². The minimum atomic E-state index is -0.598. The molecule has 0 saturated carbocycles. The molecule has 1 amide bonds. The zero-order valence-corrected chi connectivity index (χ0v) is 10.9. The number of allylic oxidation sites excluding steroid dienone is 1. The van der Waals surface area contributed by atoms with Crippen molar-refractivity contribution in [3.05, 3.63) is 47.7 Å². The quantitative estimate of drug-likeness (QED) is 0.503. The number of anilines is 1. The molecule has 0 aliphatic rings. The highest BCUT2D eigenvalue weighted by Gasteiger charge is 2.10. The first-order valence-corrected chi connectivity index (χ1v) is 5.93. The SMILES string of the molecule is Nc1ccc(/C=C/C=N/NC(=O)c2ccc(O)cc2O)o1. The number of phenolic OH excluding ortho intramolecular Hbond substituents is 2. The normalized spacial score (nSPS) is 11.2. The number of hydrazone groups is 1. The molecule has 108 valence electrons. The molecule has 7 nitrogen and oxygen atoms in total. The topological polar surface area (TPSA) is 121 Å². The number of nitrogens with two attached hydrogens (primary N) is 1. The highest BCUT2D eigenvalue weighted by molar-refractivity contribution is 5.97. The van der Waals surface area contributed by atoms with Gasteiger partial charge in [0.2, 0.25) is 0 Å². The predicted octanol–water partition coefficient (Wildman–Crippen LogP) is 1.70. The second-order valence-corrected chi connectivity index (χ2v) is 4.02. The molecule has 1 aromatic carbocycles. The number of amides is 1. The number of hydrogen-bond acceptors (Lipinski definition) is 6. The van der Waals surface area contributed by atoms with Gasteiger partial charge in [-0.15, -0.1) is 0 Å². The van der Waals surface area contributed by atoms with Gasteiger partial charge in [0.1, 0.15) is 17.3 Å². The van der Waals surface area contributed by atoms with Gasteiger partial charge in [-0.25, -0.2) is 5.43 Å². The molecule has 0 radical (unpaired) electrons. The van der Waals surface area contributed by atoms with Crippen LogP contribution in [-0.2, 0) is 0 Å². The molecule has 1 aromatic heterocycles. The van der Waals surface area contributed by atoms with Gasteiger partial charge >= 0.3 is 0 Å². The zero-order chi connectivity index (χ0) is 15.2. The van der Waals surface area contributed by atoms with E-state index in [9.17, 15) is 9.90 Å². The number of rotatable bonds is 4. The standard InChI is InChI=1S/C14H13N3O4/c15-13-6-4-10(21-13)2-1-7-16-17-14(20)11-5-3-9(18)8-12(11)19/h1-8,18-19H,15H2,(H,17,20)/b2-1+,16-7+. The van der Waals surface area contributed by atoms with Crippen molar-refractivity contribution in [1.29, 1.82) is 0 Å². The monoisotopic (exact) mass is 287 g/mol. The molecule has 0 aliphatic heterocycles.